The third-order valence-electron chi connectivity index (χ3n) is 6.58. The zero-order valence-electron chi connectivity index (χ0n) is 17.2. The largest absolute Gasteiger partial charge is 0.392 e. The van der Waals surface area contributed by atoms with Crippen LogP contribution in [0.2, 0.25) is 5.02 Å². The monoisotopic (exact) mass is 472 g/mol. The van der Waals surface area contributed by atoms with Gasteiger partial charge < -0.3 is 14.8 Å². The first-order valence-corrected chi connectivity index (χ1v) is 11.1. The summed E-state index contributed by atoms with van der Waals surface area (Å²) in [4.78, 5) is 20.7. The lowest BCUT2D eigenvalue weighted by Gasteiger charge is -2.19. The summed E-state index contributed by atoms with van der Waals surface area (Å²) in [7, 11) is 0. The van der Waals surface area contributed by atoms with Crippen molar-refractivity contribution in [3.63, 3.8) is 0 Å². The average molecular weight is 473 g/mol. The summed E-state index contributed by atoms with van der Waals surface area (Å²) in [5.41, 5.74) is 2.04. The molecule has 4 aromatic rings. The molecular weight excluding hydrogens is 454 g/mol. The smallest absolute Gasteiger partial charge is 0.231 e. The molecule has 2 fully saturated rings. The Morgan fingerprint density at radius 3 is 2.85 bits per heavy atom. The molecule has 0 spiro atoms. The fourth-order valence-electron chi connectivity index (χ4n) is 4.76. The number of anilines is 1. The summed E-state index contributed by atoms with van der Waals surface area (Å²) in [5.74, 6) is -1.72. The molecule has 33 heavy (non-hydrogen) atoms. The lowest BCUT2D eigenvalue weighted by molar-refractivity contribution is -0.117. The van der Waals surface area contributed by atoms with Gasteiger partial charge in [-0.25, -0.2) is 13.8 Å². The van der Waals surface area contributed by atoms with E-state index in [0.29, 0.717) is 46.2 Å². The molecule has 3 N–H and O–H groups in total. The van der Waals surface area contributed by atoms with E-state index < -0.39 is 29.9 Å². The van der Waals surface area contributed by atoms with Crippen LogP contribution in [-0.2, 0) is 4.79 Å². The minimum atomic E-state index is -1.10. The van der Waals surface area contributed by atoms with Crippen LogP contribution in [0.1, 0.15) is 37.2 Å². The summed E-state index contributed by atoms with van der Waals surface area (Å²) >= 11 is 6.52. The zero-order valence-corrected chi connectivity index (χ0v) is 18.0. The number of alkyl halides is 1. The van der Waals surface area contributed by atoms with Crippen LogP contribution >= 0.6 is 11.6 Å². The second-order valence-electron chi connectivity index (χ2n) is 8.69. The van der Waals surface area contributed by atoms with E-state index in [4.69, 9.17) is 11.6 Å². The van der Waals surface area contributed by atoms with Crippen molar-refractivity contribution in [1.82, 2.24) is 24.6 Å². The summed E-state index contributed by atoms with van der Waals surface area (Å²) in [6.07, 6.45) is 6.84. The minimum Gasteiger partial charge on any atom is -0.392 e. The number of amides is 1. The lowest BCUT2D eigenvalue weighted by Crippen LogP contribution is -2.15. The predicted molar refractivity (Wildman–Crippen MR) is 117 cm³/mol. The number of hydrogen-bond acceptors (Lipinski definition) is 5. The number of H-pyrrole nitrogens is 1. The maximum Gasteiger partial charge on any atom is 0.231 e. The van der Waals surface area contributed by atoms with Crippen molar-refractivity contribution in [3.8, 4) is 11.3 Å². The molecule has 3 heterocycles. The molecule has 6 rings (SSSR count). The number of nitrogens with one attached hydrogen (secondary N) is 2. The first-order chi connectivity index (χ1) is 15.9. The van der Waals surface area contributed by atoms with Crippen molar-refractivity contribution in [1.29, 1.82) is 0 Å². The molecule has 2 unspecified atom stereocenters. The predicted octanol–water partition coefficient (Wildman–Crippen LogP) is 3.99. The van der Waals surface area contributed by atoms with Gasteiger partial charge in [-0.1, -0.05) is 18.0 Å². The Labute approximate surface area is 191 Å². The van der Waals surface area contributed by atoms with Crippen molar-refractivity contribution < 1.29 is 18.7 Å². The second-order valence-corrected chi connectivity index (χ2v) is 9.07. The minimum absolute atomic E-state index is 0.0961. The van der Waals surface area contributed by atoms with E-state index in [1.165, 1.54) is 6.20 Å². The number of benzene rings is 1. The van der Waals surface area contributed by atoms with Crippen LogP contribution < -0.4 is 5.32 Å². The van der Waals surface area contributed by atoms with Gasteiger partial charge in [0.05, 0.1) is 46.8 Å². The Morgan fingerprint density at radius 2 is 2.12 bits per heavy atom. The van der Waals surface area contributed by atoms with Crippen molar-refractivity contribution >= 4 is 39.9 Å². The highest BCUT2D eigenvalue weighted by Crippen LogP contribution is 2.45. The van der Waals surface area contributed by atoms with Crippen LogP contribution in [0.25, 0.3) is 27.8 Å². The summed E-state index contributed by atoms with van der Waals surface area (Å²) < 4.78 is 30.3. The number of aromatic nitrogens is 5. The van der Waals surface area contributed by atoms with E-state index in [2.05, 4.69) is 25.5 Å². The standard InChI is InChI=1S/C22H19ClF2N6O2/c23-19-17(11-5-27-30-21(11)18(20(19)25)9-2-1-3-14(9)32)13-7-31-8-15(28-16(31)6-26-13)29-22(33)10-4-12(10)24/h5-10,12,14,32H,1-4H2,(H,27,30)(H,29,33)/t9?,10-,12+,14?/m1/s1. The SMILES string of the molecule is O=C(Nc1cn2cc(-c3c(Cl)c(F)c(C4CCCC4O)c4[nH]ncc34)ncc2n1)[C@@H]1C[C@@H]1F. The molecule has 3 aromatic heterocycles. The Kier molecular flexibility index (Phi) is 4.63. The van der Waals surface area contributed by atoms with Gasteiger partial charge in [0, 0.05) is 28.6 Å². The molecular formula is C22H19ClF2N6O2. The van der Waals surface area contributed by atoms with Gasteiger partial charge in [0.2, 0.25) is 5.91 Å². The van der Waals surface area contributed by atoms with Crippen LogP contribution in [0.3, 0.4) is 0 Å². The van der Waals surface area contributed by atoms with E-state index in [0.717, 1.165) is 6.42 Å². The molecule has 8 nitrogen and oxygen atoms in total. The number of halogens is 3. The molecule has 0 bridgehead atoms. The van der Waals surface area contributed by atoms with E-state index >= 15 is 4.39 Å². The third-order valence-corrected chi connectivity index (χ3v) is 6.93. The fraction of sp³-hybridized carbons (Fsp3) is 0.364. The van der Waals surface area contributed by atoms with Crippen molar-refractivity contribution in [2.75, 3.05) is 5.32 Å². The maximum atomic E-state index is 15.5. The van der Waals surface area contributed by atoms with Crippen LogP contribution in [0.4, 0.5) is 14.6 Å². The Balaban J connectivity index is 1.43. The van der Waals surface area contributed by atoms with Crippen molar-refractivity contribution in [3.05, 3.63) is 41.2 Å². The average Bonchev–Trinajstić information content (AvgIpc) is 3.16. The van der Waals surface area contributed by atoms with Crippen LogP contribution in [0.5, 0.6) is 0 Å². The topological polar surface area (TPSA) is 108 Å². The molecule has 0 radical (unpaired) electrons. The highest BCUT2D eigenvalue weighted by molar-refractivity contribution is 6.35. The summed E-state index contributed by atoms with van der Waals surface area (Å²) in [6, 6.07) is 0. The molecule has 2 saturated carbocycles. The molecule has 0 saturated heterocycles. The number of carbonyl (C=O) groups excluding carboxylic acids is 1. The van der Waals surface area contributed by atoms with Gasteiger partial charge in [-0.15, -0.1) is 0 Å². The molecule has 4 atom stereocenters. The van der Waals surface area contributed by atoms with Crippen molar-refractivity contribution in [2.45, 2.75) is 43.9 Å². The molecule has 170 valence electrons. The summed E-state index contributed by atoms with van der Waals surface area (Å²) in [6.45, 7) is 0. The first kappa shape index (κ1) is 20.5. The van der Waals surface area contributed by atoms with Gasteiger partial charge in [-0.2, -0.15) is 5.10 Å². The molecule has 1 aromatic carbocycles. The number of aromatic amines is 1. The molecule has 11 heteroatoms. The summed E-state index contributed by atoms with van der Waals surface area (Å²) in [5, 5.41) is 20.4. The Bertz CT molecular complexity index is 1420. The van der Waals surface area contributed by atoms with E-state index in [1.807, 2.05) is 0 Å². The van der Waals surface area contributed by atoms with Gasteiger partial charge in [-0.3, -0.25) is 14.9 Å². The Hall–Kier alpha value is -3.11. The van der Waals surface area contributed by atoms with E-state index in [9.17, 15) is 14.3 Å². The van der Waals surface area contributed by atoms with Crippen LogP contribution in [0.15, 0.2) is 24.8 Å². The van der Waals surface area contributed by atoms with Gasteiger partial charge in [0.25, 0.3) is 0 Å². The second kappa shape index (κ2) is 7.46. The molecule has 1 amide bonds. The fourth-order valence-corrected chi connectivity index (χ4v) is 5.06. The van der Waals surface area contributed by atoms with E-state index in [-0.39, 0.29) is 23.2 Å². The maximum absolute atomic E-state index is 15.5. The number of hydrogen-bond donors (Lipinski definition) is 3. The number of fused-ring (bicyclic) bond motifs is 2. The molecule has 2 aliphatic rings. The molecule has 0 aliphatic heterocycles. The highest BCUT2D eigenvalue weighted by Gasteiger charge is 2.43. The number of aliphatic hydroxyl groups is 1. The van der Waals surface area contributed by atoms with Gasteiger partial charge in [-0.05, 0) is 19.3 Å². The van der Waals surface area contributed by atoms with Crippen LogP contribution in [-0.4, -0.2) is 47.9 Å². The van der Waals surface area contributed by atoms with E-state index in [1.54, 1.807) is 23.0 Å². The lowest BCUT2D eigenvalue weighted by atomic mass is 9.91. The number of rotatable bonds is 4. The van der Waals surface area contributed by atoms with Gasteiger partial charge in [0.15, 0.2) is 11.5 Å². The zero-order chi connectivity index (χ0) is 22.9. The molecule has 2 aliphatic carbocycles. The first-order valence-electron chi connectivity index (χ1n) is 10.7. The van der Waals surface area contributed by atoms with Gasteiger partial charge >= 0.3 is 0 Å². The third kappa shape index (κ3) is 3.27. The van der Waals surface area contributed by atoms with Crippen molar-refractivity contribution in [2.24, 2.45) is 5.92 Å². The number of carbonyl (C=O) groups is 1. The number of nitrogens with zero attached hydrogens (tertiary/aromatic N) is 4. The van der Waals surface area contributed by atoms with Crippen LogP contribution in [0, 0.1) is 11.7 Å². The Morgan fingerprint density at radius 1 is 1.30 bits per heavy atom. The quantitative estimate of drug-likeness (QED) is 0.416. The number of imidazole rings is 1. The van der Waals surface area contributed by atoms with Gasteiger partial charge in [0.1, 0.15) is 12.0 Å². The normalized spacial score (nSPS) is 24.6. The number of aliphatic hydroxyl groups excluding tert-OH is 1. The highest BCUT2D eigenvalue weighted by atomic mass is 35.5.